The third kappa shape index (κ3) is 5.01. The lowest BCUT2D eigenvalue weighted by Gasteiger charge is -2.32. The molecule has 2 aromatic carbocycles. The number of piperidine rings is 1. The number of amides is 1. The first-order valence-electron chi connectivity index (χ1n) is 10.5. The van der Waals surface area contributed by atoms with Crippen LogP contribution in [0.3, 0.4) is 0 Å². The van der Waals surface area contributed by atoms with Gasteiger partial charge in [0.15, 0.2) is 0 Å². The molecule has 1 aromatic heterocycles. The topological polar surface area (TPSA) is 79.4 Å². The van der Waals surface area contributed by atoms with Gasteiger partial charge in [-0.2, -0.15) is 4.31 Å². The van der Waals surface area contributed by atoms with E-state index >= 15 is 0 Å². The highest BCUT2D eigenvalue weighted by Crippen LogP contribution is 2.26. The molecule has 0 bridgehead atoms. The van der Waals surface area contributed by atoms with E-state index in [1.54, 1.807) is 18.3 Å². The van der Waals surface area contributed by atoms with E-state index in [0.717, 1.165) is 11.3 Å². The molecule has 1 fully saturated rings. The Hall–Kier alpha value is -2.74. The van der Waals surface area contributed by atoms with Gasteiger partial charge >= 0.3 is 0 Å². The van der Waals surface area contributed by atoms with Gasteiger partial charge in [-0.1, -0.05) is 48.0 Å². The smallest absolute Gasteiger partial charge is 0.243 e. The molecule has 2 heterocycles. The van der Waals surface area contributed by atoms with E-state index in [4.69, 9.17) is 11.6 Å². The van der Waals surface area contributed by atoms with E-state index in [2.05, 4.69) is 10.3 Å². The number of pyridine rings is 1. The SMILES string of the molecule is O=C(NC(c1ccccc1)c1ccccn1)C1CCCN(S(=O)(=O)c2ccc(Cl)cc2)C1. The summed E-state index contributed by atoms with van der Waals surface area (Å²) in [6, 6.07) is 20.9. The lowest BCUT2D eigenvalue weighted by atomic mass is 9.96. The van der Waals surface area contributed by atoms with Crippen molar-refractivity contribution in [3.63, 3.8) is 0 Å². The summed E-state index contributed by atoms with van der Waals surface area (Å²) in [6.07, 6.45) is 2.94. The number of aromatic nitrogens is 1. The Bertz CT molecular complexity index is 1120. The zero-order chi connectivity index (χ0) is 22.6. The van der Waals surface area contributed by atoms with Crippen molar-refractivity contribution in [2.75, 3.05) is 13.1 Å². The molecule has 2 unspecified atom stereocenters. The molecule has 166 valence electrons. The van der Waals surface area contributed by atoms with Crippen molar-refractivity contribution in [1.29, 1.82) is 0 Å². The number of carbonyl (C=O) groups excluding carboxylic acids is 1. The quantitative estimate of drug-likeness (QED) is 0.590. The fourth-order valence-corrected chi connectivity index (χ4v) is 5.56. The highest BCUT2D eigenvalue weighted by Gasteiger charge is 2.34. The number of hydrogen-bond donors (Lipinski definition) is 1. The van der Waals surface area contributed by atoms with Crippen LogP contribution in [0.1, 0.15) is 30.1 Å². The maximum Gasteiger partial charge on any atom is 0.243 e. The number of hydrogen-bond acceptors (Lipinski definition) is 4. The zero-order valence-electron chi connectivity index (χ0n) is 17.4. The van der Waals surface area contributed by atoms with Crippen LogP contribution in [0.4, 0.5) is 0 Å². The van der Waals surface area contributed by atoms with Crippen molar-refractivity contribution in [2.45, 2.75) is 23.8 Å². The first kappa shape index (κ1) is 22.5. The Balaban J connectivity index is 1.52. The van der Waals surface area contributed by atoms with Crippen molar-refractivity contribution in [3.05, 3.63) is 95.3 Å². The first-order chi connectivity index (χ1) is 15.4. The van der Waals surface area contributed by atoms with Gasteiger partial charge in [0.25, 0.3) is 0 Å². The van der Waals surface area contributed by atoms with E-state index in [1.807, 2.05) is 48.5 Å². The summed E-state index contributed by atoms with van der Waals surface area (Å²) >= 11 is 5.90. The van der Waals surface area contributed by atoms with Gasteiger partial charge in [0.05, 0.1) is 22.5 Å². The van der Waals surface area contributed by atoms with Gasteiger partial charge in [0.2, 0.25) is 15.9 Å². The Kier molecular flexibility index (Phi) is 6.89. The highest BCUT2D eigenvalue weighted by molar-refractivity contribution is 7.89. The molecular formula is C24H24ClN3O3S. The molecule has 0 radical (unpaired) electrons. The van der Waals surface area contributed by atoms with Crippen LogP contribution in [0, 0.1) is 5.92 Å². The van der Waals surface area contributed by atoms with E-state index < -0.39 is 22.0 Å². The van der Waals surface area contributed by atoms with Crippen LogP contribution >= 0.6 is 11.6 Å². The Labute approximate surface area is 193 Å². The fraction of sp³-hybridized carbons (Fsp3) is 0.250. The fourth-order valence-electron chi connectivity index (χ4n) is 3.91. The van der Waals surface area contributed by atoms with Crippen molar-refractivity contribution in [2.24, 2.45) is 5.92 Å². The largest absolute Gasteiger partial charge is 0.343 e. The van der Waals surface area contributed by atoms with E-state index in [1.165, 1.54) is 16.4 Å². The van der Waals surface area contributed by atoms with Gasteiger partial charge in [-0.3, -0.25) is 9.78 Å². The lowest BCUT2D eigenvalue weighted by molar-refractivity contribution is -0.126. The number of nitrogens with one attached hydrogen (secondary N) is 1. The van der Waals surface area contributed by atoms with Crippen molar-refractivity contribution in [1.82, 2.24) is 14.6 Å². The molecule has 0 saturated carbocycles. The molecule has 8 heteroatoms. The van der Waals surface area contributed by atoms with Crippen LogP contribution in [-0.4, -0.2) is 36.7 Å². The molecule has 1 amide bonds. The zero-order valence-corrected chi connectivity index (χ0v) is 19.0. The van der Waals surface area contributed by atoms with E-state index in [9.17, 15) is 13.2 Å². The van der Waals surface area contributed by atoms with Gasteiger partial charge in [0.1, 0.15) is 0 Å². The molecule has 32 heavy (non-hydrogen) atoms. The maximum atomic E-state index is 13.2. The monoisotopic (exact) mass is 469 g/mol. The summed E-state index contributed by atoms with van der Waals surface area (Å²) in [5.41, 5.74) is 1.65. The maximum absolute atomic E-state index is 13.2. The number of benzene rings is 2. The lowest BCUT2D eigenvalue weighted by Crippen LogP contribution is -2.46. The van der Waals surface area contributed by atoms with Crippen LogP contribution in [0.5, 0.6) is 0 Å². The number of nitrogens with zero attached hydrogens (tertiary/aromatic N) is 2. The third-order valence-electron chi connectivity index (χ3n) is 5.61. The van der Waals surface area contributed by atoms with Crippen molar-refractivity contribution in [3.8, 4) is 0 Å². The minimum absolute atomic E-state index is 0.139. The third-order valence-corrected chi connectivity index (χ3v) is 7.74. The molecule has 0 spiro atoms. The van der Waals surface area contributed by atoms with Crippen LogP contribution in [-0.2, 0) is 14.8 Å². The van der Waals surface area contributed by atoms with Crippen LogP contribution in [0.25, 0.3) is 0 Å². The minimum Gasteiger partial charge on any atom is -0.343 e. The second-order valence-electron chi connectivity index (χ2n) is 7.76. The second-order valence-corrected chi connectivity index (χ2v) is 10.1. The van der Waals surface area contributed by atoms with E-state index in [0.29, 0.717) is 24.4 Å². The summed E-state index contributed by atoms with van der Waals surface area (Å²) in [5, 5.41) is 3.57. The highest BCUT2D eigenvalue weighted by atomic mass is 35.5. The average Bonchev–Trinajstić information content (AvgIpc) is 2.84. The number of sulfonamides is 1. The Morgan fingerprint density at radius 2 is 1.75 bits per heavy atom. The normalized spacial score (nSPS) is 18.1. The van der Waals surface area contributed by atoms with Gasteiger partial charge < -0.3 is 5.32 Å². The summed E-state index contributed by atoms with van der Waals surface area (Å²) in [4.78, 5) is 17.8. The predicted molar refractivity (Wildman–Crippen MR) is 124 cm³/mol. The minimum atomic E-state index is -3.70. The Morgan fingerprint density at radius 1 is 1.03 bits per heavy atom. The van der Waals surface area contributed by atoms with E-state index in [-0.39, 0.29) is 17.3 Å². The second kappa shape index (κ2) is 9.81. The number of rotatable bonds is 6. The van der Waals surface area contributed by atoms with Crippen LogP contribution < -0.4 is 5.32 Å². The number of carbonyl (C=O) groups is 1. The molecule has 1 aliphatic rings. The molecule has 1 N–H and O–H groups in total. The standard InChI is InChI=1S/C24H24ClN3O3S/c25-20-11-13-21(14-12-20)32(30,31)28-16-6-9-19(17-28)24(29)27-23(18-7-2-1-3-8-18)22-10-4-5-15-26-22/h1-5,7-8,10-15,19,23H,6,9,16-17H2,(H,27,29). The summed E-state index contributed by atoms with van der Waals surface area (Å²) < 4.78 is 27.5. The van der Waals surface area contributed by atoms with Crippen LogP contribution in [0.15, 0.2) is 83.9 Å². The molecule has 1 aliphatic heterocycles. The molecular weight excluding hydrogens is 446 g/mol. The number of halogens is 1. The molecule has 0 aliphatic carbocycles. The molecule has 2 atom stereocenters. The summed E-state index contributed by atoms with van der Waals surface area (Å²) in [7, 11) is -3.70. The average molecular weight is 470 g/mol. The van der Waals surface area contributed by atoms with Crippen molar-refractivity contribution < 1.29 is 13.2 Å². The van der Waals surface area contributed by atoms with Gasteiger partial charge in [0, 0.05) is 24.3 Å². The van der Waals surface area contributed by atoms with Crippen LogP contribution in [0.2, 0.25) is 5.02 Å². The summed E-state index contributed by atoms with van der Waals surface area (Å²) in [6.45, 7) is 0.525. The van der Waals surface area contributed by atoms with Gasteiger partial charge in [-0.05, 0) is 54.8 Å². The molecule has 3 aromatic rings. The Morgan fingerprint density at radius 3 is 2.44 bits per heavy atom. The van der Waals surface area contributed by atoms with Gasteiger partial charge in [-0.15, -0.1) is 0 Å². The first-order valence-corrected chi connectivity index (χ1v) is 12.3. The summed E-state index contributed by atoms with van der Waals surface area (Å²) in [5.74, 6) is -0.624. The van der Waals surface area contributed by atoms with Crippen molar-refractivity contribution >= 4 is 27.5 Å². The molecule has 6 nitrogen and oxygen atoms in total. The van der Waals surface area contributed by atoms with Gasteiger partial charge in [-0.25, -0.2) is 8.42 Å². The molecule has 4 rings (SSSR count). The molecule has 1 saturated heterocycles. The predicted octanol–water partition coefficient (Wildman–Crippen LogP) is 4.04.